The molecule has 2 atom stereocenters. The van der Waals surface area contributed by atoms with E-state index in [-0.39, 0.29) is 5.25 Å². The summed E-state index contributed by atoms with van der Waals surface area (Å²) in [6.07, 6.45) is -0.716. The number of aliphatic carboxylic acids is 1. The van der Waals surface area contributed by atoms with Gasteiger partial charge in [0.1, 0.15) is 11.6 Å². The van der Waals surface area contributed by atoms with E-state index in [1.165, 1.54) is 11.8 Å². The molecule has 1 amide bonds. The van der Waals surface area contributed by atoms with Crippen LogP contribution in [0.15, 0.2) is 30.3 Å². The van der Waals surface area contributed by atoms with Crippen molar-refractivity contribution < 1.29 is 19.4 Å². The number of thioether (sulfide) groups is 1. The van der Waals surface area contributed by atoms with Crippen LogP contribution in [0.2, 0.25) is 0 Å². The molecule has 1 aromatic carbocycles. The Morgan fingerprint density at radius 2 is 1.86 bits per heavy atom. The minimum atomic E-state index is -1.07. The molecular formula is C16H23NO4S. The van der Waals surface area contributed by atoms with Crippen molar-refractivity contribution in [3.05, 3.63) is 35.9 Å². The number of nitrogens with one attached hydrogen (secondary N) is 1. The third kappa shape index (κ3) is 6.85. The molecule has 22 heavy (non-hydrogen) atoms. The number of amides is 1. The van der Waals surface area contributed by atoms with Crippen molar-refractivity contribution in [2.75, 3.05) is 0 Å². The van der Waals surface area contributed by atoms with Crippen LogP contribution in [0, 0.1) is 0 Å². The fourth-order valence-electron chi connectivity index (χ4n) is 1.71. The molecule has 0 aliphatic carbocycles. The lowest BCUT2D eigenvalue weighted by Crippen LogP contribution is -2.48. The number of rotatable bonds is 6. The SMILES string of the molecule is C[C@@H](SCc1ccccc1)[C@H](NC(=O)OC(C)(C)C)C(=O)O. The topological polar surface area (TPSA) is 75.6 Å². The summed E-state index contributed by atoms with van der Waals surface area (Å²) in [4.78, 5) is 23.1. The number of hydrogen-bond donors (Lipinski definition) is 2. The Hall–Kier alpha value is -1.69. The quantitative estimate of drug-likeness (QED) is 0.839. The summed E-state index contributed by atoms with van der Waals surface area (Å²) in [7, 11) is 0. The van der Waals surface area contributed by atoms with E-state index >= 15 is 0 Å². The maximum atomic E-state index is 11.7. The van der Waals surface area contributed by atoms with Crippen molar-refractivity contribution in [3.8, 4) is 0 Å². The molecule has 0 saturated carbocycles. The number of carboxylic acids is 1. The maximum absolute atomic E-state index is 11.7. The van der Waals surface area contributed by atoms with E-state index in [0.29, 0.717) is 5.75 Å². The number of benzene rings is 1. The number of hydrogen-bond acceptors (Lipinski definition) is 4. The number of carbonyl (C=O) groups excluding carboxylic acids is 1. The van der Waals surface area contributed by atoms with Gasteiger partial charge in [-0.2, -0.15) is 11.8 Å². The van der Waals surface area contributed by atoms with Gasteiger partial charge in [-0.05, 0) is 26.3 Å². The minimum Gasteiger partial charge on any atom is -0.480 e. The number of carboxylic acid groups (broad SMARTS) is 1. The van der Waals surface area contributed by atoms with Crippen LogP contribution in [0.4, 0.5) is 4.79 Å². The predicted molar refractivity (Wildman–Crippen MR) is 88.0 cm³/mol. The molecule has 0 bridgehead atoms. The highest BCUT2D eigenvalue weighted by molar-refractivity contribution is 7.99. The highest BCUT2D eigenvalue weighted by atomic mass is 32.2. The summed E-state index contributed by atoms with van der Waals surface area (Å²) in [6.45, 7) is 6.98. The van der Waals surface area contributed by atoms with Gasteiger partial charge in [-0.25, -0.2) is 9.59 Å². The lowest BCUT2D eigenvalue weighted by Gasteiger charge is -2.24. The average molecular weight is 325 g/mol. The van der Waals surface area contributed by atoms with Crippen molar-refractivity contribution >= 4 is 23.8 Å². The zero-order valence-corrected chi connectivity index (χ0v) is 14.1. The molecule has 1 aromatic rings. The van der Waals surface area contributed by atoms with E-state index in [9.17, 15) is 14.7 Å². The Morgan fingerprint density at radius 1 is 1.27 bits per heavy atom. The average Bonchev–Trinajstić information content (AvgIpc) is 2.41. The van der Waals surface area contributed by atoms with Crippen LogP contribution in [0.3, 0.4) is 0 Å². The molecule has 2 N–H and O–H groups in total. The zero-order chi connectivity index (χ0) is 16.8. The molecule has 1 rings (SSSR count). The van der Waals surface area contributed by atoms with Crippen LogP contribution in [-0.2, 0) is 15.3 Å². The highest BCUT2D eigenvalue weighted by Gasteiger charge is 2.29. The smallest absolute Gasteiger partial charge is 0.408 e. The Labute approximate surface area is 135 Å². The molecule has 0 aliphatic rings. The van der Waals surface area contributed by atoms with Crippen LogP contribution in [-0.4, -0.2) is 34.1 Å². The number of ether oxygens (including phenoxy) is 1. The summed E-state index contributed by atoms with van der Waals surface area (Å²) >= 11 is 1.47. The van der Waals surface area contributed by atoms with Gasteiger partial charge in [0.05, 0.1) is 0 Å². The normalized spacial score (nSPS) is 14.0. The first-order valence-electron chi connectivity index (χ1n) is 7.07. The maximum Gasteiger partial charge on any atom is 0.408 e. The number of alkyl carbamates (subject to hydrolysis) is 1. The zero-order valence-electron chi connectivity index (χ0n) is 13.3. The van der Waals surface area contributed by atoms with Crippen LogP contribution in [0.5, 0.6) is 0 Å². The van der Waals surface area contributed by atoms with Crippen molar-refractivity contribution in [2.24, 2.45) is 0 Å². The molecule has 0 unspecified atom stereocenters. The Kier molecular flexibility index (Phi) is 6.74. The highest BCUT2D eigenvalue weighted by Crippen LogP contribution is 2.20. The van der Waals surface area contributed by atoms with E-state index in [4.69, 9.17) is 4.74 Å². The van der Waals surface area contributed by atoms with Crippen molar-refractivity contribution in [1.29, 1.82) is 0 Å². The molecule has 0 aromatic heterocycles. The monoisotopic (exact) mass is 325 g/mol. The van der Waals surface area contributed by atoms with Crippen molar-refractivity contribution in [2.45, 2.75) is 50.3 Å². The fraction of sp³-hybridized carbons (Fsp3) is 0.500. The van der Waals surface area contributed by atoms with E-state index < -0.39 is 23.7 Å². The van der Waals surface area contributed by atoms with Crippen LogP contribution >= 0.6 is 11.8 Å². The minimum absolute atomic E-state index is 0.287. The second-order valence-electron chi connectivity index (χ2n) is 5.96. The van der Waals surface area contributed by atoms with Gasteiger partial charge < -0.3 is 15.2 Å². The van der Waals surface area contributed by atoms with E-state index in [1.54, 1.807) is 27.7 Å². The Bertz CT molecular complexity index is 499. The van der Waals surface area contributed by atoms with Gasteiger partial charge in [0.25, 0.3) is 0 Å². The van der Waals surface area contributed by atoms with Crippen molar-refractivity contribution in [3.63, 3.8) is 0 Å². The van der Waals surface area contributed by atoms with Crippen LogP contribution in [0.1, 0.15) is 33.3 Å². The van der Waals surface area contributed by atoms with Gasteiger partial charge in [-0.3, -0.25) is 0 Å². The lowest BCUT2D eigenvalue weighted by molar-refractivity contribution is -0.139. The number of carbonyl (C=O) groups is 2. The Balaban J connectivity index is 2.58. The molecule has 0 spiro atoms. The largest absolute Gasteiger partial charge is 0.480 e. The molecule has 5 nitrogen and oxygen atoms in total. The van der Waals surface area contributed by atoms with Gasteiger partial charge in [-0.1, -0.05) is 37.3 Å². The molecule has 0 radical (unpaired) electrons. The first kappa shape index (κ1) is 18.4. The summed E-state index contributed by atoms with van der Waals surface area (Å²) in [5, 5.41) is 11.4. The summed E-state index contributed by atoms with van der Waals surface area (Å²) in [6, 6.07) is 8.78. The summed E-state index contributed by atoms with van der Waals surface area (Å²) in [5.41, 5.74) is 0.453. The van der Waals surface area contributed by atoms with Gasteiger partial charge in [0, 0.05) is 11.0 Å². The second kappa shape index (κ2) is 8.08. The van der Waals surface area contributed by atoms with Crippen LogP contribution < -0.4 is 5.32 Å². The first-order valence-corrected chi connectivity index (χ1v) is 8.12. The third-order valence-corrected chi connectivity index (χ3v) is 4.06. The molecule has 122 valence electrons. The third-order valence-electron chi connectivity index (χ3n) is 2.76. The van der Waals surface area contributed by atoms with Crippen LogP contribution in [0.25, 0.3) is 0 Å². The van der Waals surface area contributed by atoms with E-state index in [0.717, 1.165) is 5.56 Å². The summed E-state index contributed by atoms with van der Waals surface area (Å²) < 4.78 is 5.11. The standard InChI is InChI=1S/C16H23NO4S/c1-11(22-10-12-8-6-5-7-9-12)13(14(18)19)17-15(20)21-16(2,3)4/h5-9,11,13H,10H2,1-4H3,(H,17,20)(H,18,19)/t11-,13+/m1/s1. The molecule has 6 heteroatoms. The predicted octanol–water partition coefficient (Wildman–Crippen LogP) is 3.29. The van der Waals surface area contributed by atoms with E-state index in [2.05, 4.69) is 5.32 Å². The molecule has 0 aliphatic heterocycles. The first-order chi connectivity index (χ1) is 10.2. The molecule has 0 heterocycles. The van der Waals surface area contributed by atoms with Gasteiger partial charge in [0.15, 0.2) is 0 Å². The molecule has 0 saturated heterocycles. The summed E-state index contributed by atoms with van der Waals surface area (Å²) in [5.74, 6) is -0.388. The van der Waals surface area contributed by atoms with E-state index in [1.807, 2.05) is 30.3 Å². The fourth-order valence-corrected chi connectivity index (χ4v) is 2.74. The van der Waals surface area contributed by atoms with Gasteiger partial charge in [-0.15, -0.1) is 0 Å². The lowest BCUT2D eigenvalue weighted by atomic mass is 10.2. The Morgan fingerprint density at radius 3 is 2.36 bits per heavy atom. The molecular weight excluding hydrogens is 302 g/mol. The van der Waals surface area contributed by atoms with Gasteiger partial charge >= 0.3 is 12.1 Å². The second-order valence-corrected chi connectivity index (χ2v) is 7.33. The van der Waals surface area contributed by atoms with Gasteiger partial charge in [0.2, 0.25) is 0 Å². The van der Waals surface area contributed by atoms with Crippen molar-refractivity contribution in [1.82, 2.24) is 5.32 Å². The molecule has 0 fully saturated rings.